The van der Waals surface area contributed by atoms with E-state index in [1.54, 1.807) is 6.08 Å². The molecule has 1 aliphatic heterocycles. The molecule has 0 bridgehead atoms. The lowest BCUT2D eigenvalue weighted by Crippen LogP contribution is -2.60. The number of ether oxygens (including phenoxy) is 2. The third-order valence-electron chi connectivity index (χ3n) is 9.19. The van der Waals surface area contributed by atoms with E-state index in [4.69, 9.17) is 9.47 Å². The van der Waals surface area contributed by atoms with Crippen LogP contribution in [0.1, 0.15) is 155 Å². The maximum absolute atomic E-state index is 12.8. The number of hydrogen-bond donors (Lipinski definition) is 6. The van der Waals surface area contributed by atoms with Crippen molar-refractivity contribution >= 4 is 5.91 Å². The number of carbonyl (C=O) groups excluding carboxylic acids is 1. The molecule has 1 amide bonds. The summed E-state index contributed by atoms with van der Waals surface area (Å²) in [5, 5.41) is 53.9. The molecule has 0 radical (unpaired) electrons. The fourth-order valence-electron chi connectivity index (χ4n) is 5.93. The van der Waals surface area contributed by atoms with Gasteiger partial charge in [-0.2, -0.15) is 0 Å². The normalized spacial score (nSPS) is 22.8. The van der Waals surface area contributed by atoms with E-state index in [-0.39, 0.29) is 12.5 Å². The standard InChI is InChI=1S/C40H73NO8/c1-3-5-7-9-11-13-15-17-18-19-21-23-25-27-29-34(43)33(32-48-40-39(47)38(46)37(45)35(31-42)49-40)41-36(44)30-28-26-24-22-20-16-14-12-10-8-6-4-2/h12,14,19,21,27,29,33-35,37-40,42-43,45-47H,3-11,13,15-18,20,22-26,28,30-32H2,1-2H3,(H,41,44)/b14-12-,21-19+,29-27+. The van der Waals surface area contributed by atoms with Crippen molar-refractivity contribution in [3.63, 3.8) is 0 Å². The van der Waals surface area contributed by atoms with Gasteiger partial charge in [0.1, 0.15) is 24.4 Å². The van der Waals surface area contributed by atoms with Crippen LogP contribution in [0.5, 0.6) is 0 Å². The van der Waals surface area contributed by atoms with Crippen molar-refractivity contribution < 1.29 is 39.8 Å². The molecular formula is C40H73NO8. The Kier molecular flexibility index (Phi) is 28.9. The topological polar surface area (TPSA) is 149 Å². The molecule has 7 unspecified atom stereocenters. The van der Waals surface area contributed by atoms with Gasteiger partial charge in [-0.15, -0.1) is 0 Å². The lowest BCUT2D eigenvalue weighted by Gasteiger charge is -2.40. The molecule has 0 aromatic rings. The summed E-state index contributed by atoms with van der Waals surface area (Å²) in [7, 11) is 0. The number of rotatable bonds is 31. The third-order valence-corrected chi connectivity index (χ3v) is 9.19. The maximum Gasteiger partial charge on any atom is 0.220 e. The van der Waals surface area contributed by atoms with Gasteiger partial charge in [-0.1, -0.05) is 127 Å². The Hall–Kier alpha value is -1.59. The van der Waals surface area contributed by atoms with Gasteiger partial charge in [0, 0.05) is 6.42 Å². The van der Waals surface area contributed by atoms with Crippen LogP contribution in [0.15, 0.2) is 36.5 Å². The largest absolute Gasteiger partial charge is 0.394 e. The molecule has 0 spiro atoms. The molecule has 1 saturated heterocycles. The fraction of sp³-hybridized carbons (Fsp3) is 0.825. The van der Waals surface area contributed by atoms with Crippen molar-refractivity contribution in [3.05, 3.63) is 36.5 Å². The van der Waals surface area contributed by atoms with E-state index in [0.29, 0.717) is 6.42 Å². The molecule has 0 aliphatic carbocycles. The first kappa shape index (κ1) is 45.4. The van der Waals surface area contributed by atoms with Gasteiger partial charge < -0.3 is 40.3 Å². The zero-order chi connectivity index (χ0) is 36.0. The number of amides is 1. The molecule has 1 heterocycles. The molecule has 49 heavy (non-hydrogen) atoms. The molecule has 1 rings (SSSR count). The van der Waals surface area contributed by atoms with Crippen LogP contribution < -0.4 is 5.32 Å². The van der Waals surface area contributed by atoms with Crippen molar-refractivity contribution in [1.82, 2.24) is 5.32 Å². The van der Waals surface area contributed by atoms with Gasteiger partial charge >= 0.3 is 0 Å². The van der Waals surface area contributed by atoms with Crippen molar-refractivity contribution in [2.45, 2.75) is 198 Å². The van der Waals surface area contributed by atoms with E-state index < -0.39 is 49.5 Å². The Bertz CT molecular complexity index is 863. The molecule has 7 atom stereocenters. The summed E-state index contributed by atoms with van der Waals surface area (Å²) in [6.45, 7) is 3.69. The maximum atomic E-state index is 12.8. The van der Waals surface area contributed by atoms with Crippen LogP contribution in [-0.4, -0.2) is 87.5 Å². The van der Waals surface area contributed by atoms with Crippen LogP contribution in [0.3, 0.4) is 0 Å². The molecule has 0 saturated carbocycles. The Morgan fingerprint density at radius 2 is 1.16 bits per heavy atom. The van der Waals surface area contributed by atoms with Gasteiger partial charge in [-0.25, -0.2) is 0 Å². The molecule has 9 heteroatoms. The number of hydrogen-bond acceptors (Lipinski definition) is 8. The molecule has 9 nitrogen and oxygen atoms in total. The number of aliphatic hydroxyl groups is 5. The number of unbranched alkanes of at least 4 members (excludes halogenated alkanes) is 17. The fourth-order valence-corrected chi connectivity index (χ4v) is 5.93. The highest BCUT2D eigenvalue weighted by molar-refractivity contribution is 5.76. The lowest BCUT2D eigenvalue weighted by molar-refractivity contribution is -0.302. The highest BCUT2D eigenvalue weighted by Crippen LogP contribution is 2.22. The van der Waals surface area contributed by atoms with Crippen LogP contribution in [0.4, 0.5) is 0 Å². The quantitative estimate of drug-likeness (QED) is 0.0338. The Morgan fingerprint density at radius 1 is 0.673 bits per heavy atom. The predicted molar refractivity (Wildman–Crippen MR) is 198 cm³/mol. The summed E-state index contributed by atoms with van der Waals surface area (Å²) >= 11 is 0. The molecule has 1 fully saturated rings. The lowest BCUT2D eigenvalue weighted by atomic mass is 9.99. The summed E-state index contributed by atoms with van der Waals surface area (Å²) in [6.07, 6.45) is 29.0. The Balaban J connectivity index is 2.49. The summed E-state index contributed by atoms with van der Waals surface area (Å²) < 4.78 is 11.1. The molecule has 0 aromatic carbocycles. The number of nitrogens with one attached hydrogen (secondary N) is 1. The van der Waals surface area contributed by atoms with Gasteiger partial charge in [0.15, 0.2) is 6.29 Å². The van der Waals surface area contributed by atoms with E-state index >= 15 is 0 Å². The Morgan fingerprint density at radius 3 is 1.76 bits per heavy atom. The second kappa shape index (κ2) is 31.2. The average molecular weight is 696 g/mol. The first-order chi connectivity index (χ1) is 23.8. The summed E-state index contributed by atoms with van der Waals surface area (Å²) in [4.78, 5) is 12.8. The second-order valence-corrected chi connectivity index (χ2v) is 13.7. The van der Waals surface area contributed by atoms with Crippen molar-refractivity contribution in [2.24, 2.45) is 0 Å². The Labute approximate surface area is 298 Å². The summed E-state index contributed by atoms with van der Waals surface area (Å²) in [5.74, 6) is -0.200. The first-order valence-corrected chi connectivity index (χ1v) is 19.7. The zero-order valence-corrected chi connectivity index (χ0v) is 30.9. The minimum absolute atomic E-state index is 0.200. The van der Waals surface area contributed by atoms with E-state index in [2.05, 4.69) is 43.5 Å². The van der Waals surface area contributed by atoms with Gasteiger partial charge in [0.05, 0.1) is 25.4 Å². The van der Waals surface area contributed by atoms with Gasteiger partial charge in [-0.05, 0) is 57.8 Å². The number of allylic oxidation sites excluding steroid dienone is 5. The number of aliphatic hydroxyl groups excluding tert-OH is 5. The molecule has 0 aromatic heterocycles. The number of carbonyl (C=O) groups is 1. The monoisotopic (exact) mass is 696 g/mol. The van der Waals surface area contributed by atoms with Crippen LogP contribution in [-0.2, 0) is 14.3 Å². The van der Waals surface area contributed by atoms with E-state index in [1.807, 2.05) is 6.08 Å². The van der Waals surface area contributed by atoms with Crippen molar-refractivity contribution in [2.75, 3.05) is 13.2 Å². The van der Waals surface area contributed by atoms with Crippen LogP contribution >= 0.6 is 0 Å². The van der Waals surface area contributed by atoms with Gasteiger partial charge in [0.25, 0.3) is 0 Å². The average Bonchev–Trinajstić information content (AvgIpc) is 3.10. The van der Waals surface area contributed by atoms with Gasteiger partial charge in [-0.3, -0.25) is 4.79 Å². The summed E-state index contributed by atoms with van der Waals surface area (Å²) in [5.41, 5.74) is 0. The molecule has 286 valence electrons. The summed E-state index contributed by atoms with van der Waals surface area (Å²) in [6, 6.07) is -0.822. The molecule has 6 N–H and O–H groups in total. The van der Waals surface area contributed by atoms with Crippen LogP contribution in [0, 0.1) is 0 Å². The van der Waals surface area contributed by atoms with Gasteiger partial charge in [0.2, 0.25) is 5.91 Å². The van der Waals surface area contributed by atoms with Crippen molar-refractivity contribution in [3.8, 4) is 0 Å². The van der Waals surface area contributed by atoms with Crippen LogP contribution in [0.25, 0.3) is 0 Å². The molecular weight excluding hydrogens is 622 g/mol. The highest BCUT2D eigenvalue weighted by atomic mass is 16.7. The highest BCUT2D eigenvalue weighted by Gasteiger charge is 2.44. The third kappa shape index (κ3) is 22.8. The van der Waals surface area contributed by atoms with E-state index in [9.17, 15) is 30.3 Å². The van der Waals surface area contributed by atoms with E-state index in [1.165, 1.54) is 77.0 Å². The van der Waals surface area contributed by atoms with E-state index in [0.717, 1.165) is 57.8 Å². The minimum Gasteiger partial charge on any atom is -0.394 e. The minimum atomic E-state index is -1.57. The smallest absolute Gasteiger partial charge is 0.220 e. The SMILES string of the molecule is CCCCC/C=C\CCCCCCCC(=O)NC(COC1OC(CO)C(O)C(O)C1O)C(O)/C=C/CC/C=C/CCCCCCCCCC. The molecule has 1 aliphatic rings. The van der Waals surface area contributed by atoms with Crippen LogP contribution in [0.2, 0.25) is 0 Å². The van der Waals surface area contributed by atoms with Crippen molar-refractivity contribution in [1.29, 1.82) is 0 Å². The predicted octanol–water partition coefficient (Wildman–Crippen LogP) is 6.94. The first-order valence-electron chi connectivity index (χ1n) is 19.7. The second-order valence-electron chi connectivity index (χ2n) is 13.7. The zero-order valence-electron chi connectivity index (χ0n) is 30.9.